The summed E-state index contributed by atoms with van der Waals surface area (Å²) >= 11 is 3.60. The first kappa shape index (κ1) is 23.9. The maximum atomic E-state index is 3.60. The molecule has 6 aromatic carbocycles. The smallest absolute Gasteiger partial charge is 0.179 e. The molecule has 39 heavy (non-hydrogen) atoms. The second-order valence-corrected chi connectivity index (χ2v) is 14.6. The van der Waals surface area contributed by atoms with Crippen LogP contribution >= 0.6 is 15.9 Å². The van der Waals surface area contributed by atoms with Crippen LogP contribution in [-0.2, 0) is 0 Å². The molecule has 0 aliphatic heterocycles. The Balaban J connectivity index is 1.59. The van der Waals surface area contributed by atoms with Gasteiger partial charge in [0.25, 0.3) is 0 Å². The van der Waals surface area contributed by atoms with E-state index >= 15 is 0 Å². The van der Waals surface area contributed by atoms with Gasteiger partial charge in [-0.2, -0.15) is 0 Å². The number of benzene rings is 6. The van der Waals surface area contributed by atoms with Crippen molar-refractivity contribution in [3.05, 3.63) is 162 Å². The lowest BCUT2D eigenvalue weighted by Gasteiger charge is -2.34. The Labute approximate surface area is 238 Å². The summed E-state index contributed by atoms with van der Waals surface area (Å²) in [5, 5.41) is 8.10. The van der Waals surface area contributed by atoms with Crippen molar-refractivity contribution in [2.75, 3.05) is 0 Å². The van der Waals surface area contributed by atoms with E-state index in [0.717, 1.165) is 10.2 Å². The zero-order valence-electron chi connectivity index (χ0n) is 21.3. The van der Waals surface area contributed by atoms with E-state index in [2.05, 4.69) is 178 Å². The molecule has 7 aromatic rings. The zero-order chi connectivity index (χ0) is 26.2. The molecule has 0 atom stereocenters. The minimum atomic E-state index is -2.60. The van der Waals surface area contributed by atoms with Gasteiger partial charge in [-0.3, -0.25) is 0 Å². The Hall–Kier alpha value is -4.18. The Bertz CT molecular complexity index is 1800. The third-order valence-corrected chi connectivity index (χ3v) is 13.1. The molecule has 1 nitrogen and oxygen atoms in total. The van der Waals surface area contributed by atoms with Crippen LogP contribution in [0, 0.1) is 0 Å². The van der Waals surface area contributed by atoms with E-state index in [-0.39, 0.29) is 0 Å². The number of rotatable bonds is 5. The summed E-state index contributed by atoms with van der Waals surface area (Å²) in [5.74, 6) is 0. The summed E-state index contributed by atoms with van der Waals surface area (Å²) in [6, 6.07) is 57.9. The van der Waals surface area contributed by atoms with Crippen LogP contribution in [0.25, 0.3) is 27.5 Å². The van der Waals surface area contributed by atoms with Crippen LogP contribution in [0.5, 0.6) is 0 Å². The number of para-hydroxylation sites is 1. The largest absolute Gasteiger partial charge is 0.309 e. The summed E-state index contributed by atoms with van der Waals surface area (Å²) in [6.45, 7) is 0. The molecule has 0 N–H and O–H groups in total. The standard InChI is InChI=1S/C36H26BrNSi/c37-27-20-22-28(23-21-27)38-35-19-11-10-18-33(35)34-26-32(24-25-36(34)38)39(29-12-4-1-5-13-29,30-14-6-2-7-15-30)31-16-8-3-9-17-31/h1-26H. The van der Waals surface area contributed by atoms with Gasteiger partial charge in [0.15, 0.2) is 8.07 Å². The van der Waals surface area contributed by atoms with Crippen LogP contribution in [0.1, 0.15) is 0 Å². The fourth-order valence-corrected chi connectivity index (χ4v) is 11.2. The van der Waals surface area contributed by atoms with Crippen LogP contribution in [0.2, 0.25) is 0 Å². The Morgan fingerprint density at radius 3 is 1.46 bits per heavy atom. The lowest BCUT2D eigenvalue weighted by Crippen LogP contribution is -2.74. The maximum Gasteiger partial charge on any atom is 0.179 e. The molecular weight excluding hydrogens is 554 g/mol. The van der Waals surface area contributed by atoms with E-state index in [0.29, 0.717) is 0 Å². The van der Waals surface area contributed by atoms with Crippen molar-refractivity contribution < 1.29 is 0 Å². The molecule has 0 aliphatic carbocycles. The fraction of sp³-hybridized carbons (Fsp3) is 0. The van der Waals surface area contributed by atoms with Crippen molar-refractivity contribution in [3.8, 4) is 5.69 Å². The molecule has 0 saturated carbocycles. The van der Waals surface area contributed by atoms with Gasteiger partial charge in [-0.05, 0) is 57.1 Å². The second kappa shape index (κ2) is 9.85. The zero-order valence-corrected chi connectivity index (χ0v) is 23.9. The molecule has 186 valence electrons. The van der Waals surface area contributed by atoms with Crippen molar-refractivity contribution in [2.45, 2.75) is 0 Å². The Morgan fingerprint density at radius 1 is 0.410 bits per heavy atom. The van der Waals surface area contributed by atoms with E-state index in [1.807, 2.05) is 0 Å². The molecule has 0 spiro atoms. The number of fused-ring (bicyclic) bond motifs is 3. The normalized spacial score (nSPS) is 11.7. The van der Waals surface area contributed by atoms with E-state index < -0.39 is 8.07 Å². The van der Waals surface area contributed by atoms with Gasteiger partial charge in [-0.15, -0.1) is 0 Å². The highest BCUT2D eigenvalue weighted by molar-refractivity contribution is 9.10. The van der Waals surface area contributed by atoms with Crippen LogP contribution < -0.4 is 20.7 Å². The Morgan fingerprint density at radius 2 is 0.897 bits per heavy atom. The van der Waals surface area contributed by atoms with Gasteiger partial charge in [0, 0.05) is 20.9 Å². The predicted molar refractivity (Wildman–Crippen MR) is 172 cm³/mol. The monoisotopic (exact) mass is 579 g/mol. The van der Waals surface area contributed by atoms with Gasteiger partial charge >= 0.3 is 0 Å². The molecule has 0 amide bonds. The summed E-state index contributed by atoms with van der Waals surface area (Å²) in [5.41, 5.74) is 3.60. The first-order chi connectivity index (χ1) is 19.3. The van der Waals surface area contributed by atoms with Gasteiger partial charge in [0.05, 0.1) is 11.0 Å². The summed E-state index contributed by atoms with van der Waals surface area (Å²) in [4.78, 5) is 0. The van der Waals surface area contributed by atoms with Gasteiger partial charge in [0.2, 0.25) is 0 Å². The van der Waals surface area contributed by atoms with Gasteiger partial charge in [-0.1, -0.05) is 137 Å². The van der Waals surface area contributed by atoms with Crippen LogP contribution in [-0.4, -0.2) is 12.6 Å². The highest BCUT2D eigenvalue weighted by Gasteiger charge is 2.41. The molecule has 0 radical (unpaired) electrons. The molecule has 0 aliphatic rings. The summed E-state index contributed by atoms with van der Waals surface area (Å²) in [6.07, 6.45) is 0. The van der Waals surface area contributed by atoms with Gasteiger partial charge in [-0.25, -0.2) is 0 Å². The van der Waals surface area contributed by atoms with Crippen LogP contribution in [0.15, 0.2) is 162 Å². The minimum absolute atomic E-state index is 1.08. The highest BCUT2D eigenvalue weighted by Crippen LogP contribution is 2.32. The number of halogens is 1. The van der Waals surface area contributed by atoms with Crippen molar-refractivity contribution >= 4 is 66.6 Å². The molecule has 1 heterocycles. The first-order valence-corrected chi connectivity index (χ1v) is 16.0. The average molecular weight is 581 g/mol. The number of nitrogens with zero attached hydrogens (tertiary/aromatic N) is 1. The number of hydrogen-bond acceptors (Lipinski definition) is 0. The quantitative estimate of drug-likeness (QED) is 0.154. The lowest BCUT2D eigenvalue weighted by atomic mass is 10.1. The van der Waals surface area contributed by atoms with E-state index in [1.165, 1.54) is 42.6 Å². The molecule has 0 saturated heterocycles. The SMILES string of the molecule is Brc1ccc(-n2c3ccccc3c3cc([Si](c4ccccc4)(c4ccccc4)c4ccccc4)ccc32)cc1. The summed E-state index contributed by atoms with van der Waals surface area (Å²) < 4.78 is 3.47. The maximum absolute atomic E-state index is 3.60. The molecule has 0 fully saturated rings. The molecule has 3 heteroatoms. The van der Waals surface area contributed by atoms with Crippen molar-refractivity contribution in [3.63, 3.8) is 0 Å². The molecule has 0 bridgehead atoms. The van der Waals surface area contributed by atoms with Crippen LogP contribution in [0.3, 0.4) is 0 Å². The topological polar surface area (TPSA) is 4.93 Å². The minimum Gasteiger partial charge on any atom is -0.309 e. The van der Waals surface area contributed by atoms with Crippen molar-refractivity contribution in [1.82, 2.24) is 4.57 Å². The van der Waals surface area contributed by atoms with E-state index in [1.54, 1.807) is 0 Å². The third-order valence-electron chi connectivity index (χ3n) is 7.81. The van der Waals surface area contributed by atoms with Crippen molar-refractivity contribution in [2.24, 2.45) is 0 Å². The number of hydrogen-bond donors (Lipinski definition) is 0. The predicted octanol–water partition coefficient (Wildman–Crippen LogP) is 6.92. The second-order valence-electron chi connectivity index (χ2n) is 9.91. The molecular formula is C36H26BrNSi. The highest BCUT2D eigenvalue weighted by atomic mass is 79.9. The lowest BCUT2D eigenvalue weighted by molar-refractivity contribution is 1.18. The third kappa shape index (κ3) is 3.89. The van der Waals surface area contributed by atoms with E-state index in [4.69, 9.17) is 0 Å². The molecule has 1 aromatic heterocycles. The first-order valence-electron chi connectivity index (χ1n) is 13.2. The van der Waals surface area contributed by atoms with Gasteiger partial charge < -0.3 is 4.57 Å². The molecule has 0 unspecified atom stereocenters. The average Bonchev–Trinajstić information content (AvgIpc) is 3.34. The van der Waals surface area contributed by atoms with Gasteiger partial charge in [0.1, 0.15) is 0 Å². The number of aromatic nitrogens is 1. The Kier molecular flexibility index (Phi) is 6.03. The van der Waals surface area contributed by atoms with Crippen molar-refractivity contribution in [1.29, 1.82) is 0 Å². The fourth-order valence-electron chi connectivity index (χ4n) is 6.14. The molecule has 7 rings (SSSR count). The van der Waals surface area contributed by atoms with E-state index in [9.17, 15) is 0 Å². The summed E-state index contributed by atoms with van der Waals surface area (Å²) in [7, 11) is -2.60. The van der Waals surface area contributed by atoms with Crippen LogP contribution in [0.4, 0.5) is 0 Å².